The zero-order valence-corrected chi connectivity index (χ0v) is 19.9. The Labute approximate surface area is 202 Å². The minimum absolute atomic E-state index is 0.0626. The average molecular weight is 511 g/mol. The zero-order valence-electron chi connectivity index (χ0n) is 18.4. The summed E-state index contributed by atoms with van der Waals surface area (Å²) in [4.78, 5) is 28.7. The number of aliphatic hydroxyl groups excluding tert-OH is 1. The lowest BCUT2D eigenvalue weighted by atomic mass is 10.2. The second-order valence-corrected chi connectivity index (χ2v) is 9.52. The number of rotatable bonds is 11. The molecule has 0 saturated heterocycles. The van der Waals surface area contributed by atoms with E-state index < -0.39 is 40.5 Å². The Bertz CT molecular complexity index is 1140. The molecule has 2 atom stereocenters. The number of guanidine groups is 1. The molecule has 13 heteroatoms. The number of nitrogens with zero attached hydrogens (tertiary/aromatic N) is 1. The molecular weight excluding hydrogens is 484 g/mol. The first-order valence-electron chi connectivity index (χ1n) is 10.1. The van der Waals surface area contributed by atoms with Gasteiger partial charge in [0.05, 0.1) is 18.0 Å². The van der Waals surface area contributed by atoms with Gasteiger partial charge in [0, 0.05) is 11.6 Å². The molecule has 11 nitrogen and oxygen atoms in total. The van der Waals surface area contributed by atoms with Crippen LogP contribution in [-0.2, 0) is 31.9 Å². The minimum atomic E-state index is -3.92. The number of aliphatic imine (C=N–C) groups is 1. The Kier molecular flexibility index (Phi) is 9.81. The molecule has 0 heterocycles. The predicted molar refractivity (Wildman–Crippen MR) is 129 cm³/mol. The molecule has 2 aromatic rings. The summed E-state index contributed by atoms with van der Waals surface area (Å²) in [6, 6.07) is 10.7. The minimum Gasteiger partial charge on any atom is -0.394 e. The van der Waals surface area contributed by atoms with Crippen LogP contribution >= 0.6 is 11.6 Å². The third-order valence-corrected chi connectivity index (χ3v) is 6.23. The quantitative estimate of drug-likeness (QED) is 0.179. The van der Waals surface area contributed by atoms with E-state index in [9.17, 15) is 23.1 Å². The molecule has 0 aliphatic heterocycles. The molecule has 34 heavy (non-hydrogen) atoms. The van der Waals surface area contributed by atoms with Crippen LogP contribution in [0.5, 0.6) is 0 Å². The van der Waals surface area contributed by atoms with Crippen LogP contribution in [0.25, 0.3) is 0 Å². The molecule has 0 aliphatic rings. The topological polar surface area (TPSA) is 189 Å². The van der Waals surface area contributed by atoms with E-state index in [1.165, 1.54) is 13.0 Å². The van der Waals surface area contributed by atoms with E-state index in [-0.39, 0.29) is 18.3 Å². The number of sulfonamides is 1. The van der Waals surface area contributed by atoms with E-state index in [4.69, 9.17) is 23.1 Å². The Balaban J connectivity index is 1.91. The van der Waals surface area contributed by atoms with Crippen LogP contribution in [0, 0.1) is 0 Å². The van der Waals surface area contributed by atoms with Crippen molar-refractivity contribution in [2.45, 2.75) is 31.3 Å². The number of hydrogen-bond acceptors (Lipinski definition) is 6. The number of carbonyl (C=O) groups excluding carboxylic acids is 2. The fourth-order valence-electron chi connectivity index (χ4n) is 2.84. The first kappa shape index (κ1) is 27.1. The van der Waals surface area contributed by atoms with Crippen molar-refractivity contribution in [2.75, 3.05) is 6.61 Å². The van der Waals surface area contributed by atoms with Crippen molar-refractivity contribution in [1.82, 2.24) is 15.4 Å². The summed E-state index contributed by atoms with van der Waals surface area (Å²) < 4.78 is 26.9. The largest absolute Gasteiger partial charge is 0.394 e. The van der Waals surface area contributed by atoms with Crippen LogP contribution < -0.4 is 26.8 Å². The fourth-order valence-corrected chi connectivity index (χ4v) is 4.41. The molecule has 0 spiro atoms. The van der Waals surface area contributed by atoms with Crippen molar-refractivity contribution in [3.63, 3.8) is 0 Å². The molecule has 2 aromatic carbocycles. The van der Waals surface area contributed by atoms with Crippen LogP contribution in [0.3, 0.4) is 0 Å². The summed E-state index contributed by atoms with van der Waals surface area (Å²) in [5.74, 6) is -1.87. The number of aliphatic hydroxyl groups is 1. The van der Waals surface area contributed by atoms with Gasteiger partial charge in [-0.25, -0.2) is 18.1 Å². The Morgan fingerprint density at radius 3 is 2.38 bits per heavy atom. The highest BCUT2D eigenvalue weighted by Gasteiger charge is 2.26. The summed E-state index contributed by atoms with van der Waals surface area (Å²) in [6.07, 6.45) is 0. The van der Waals surface area contributed by atoms with Crippen LogP contribution in [-0.4, -0.2) is 50.0 Å². The first-order chi connectivity index (χ1) is 16.0. The number of benzene rings is 2. The van der Waals surface area contributed by atoms with Crippen molar-refractivity contribution in [1.29, 1.82) is 0 Å². The van der Waals surface area contributed by atoms with Crippen molar-refractivity contribution in [2.24, 2.45) is 16.5 Å². The molecule has 8 N–H and O–H groups in total. The maximum atomic E-state index is 12.4. The molecular formula is C21H27ClN6O5S. The van der Waals surface area contributed by atoms with Crippen molar-refractivity contribution in [3.05, 3.63) is 64.7 Å². The third-order valence-electron chi connectivity index (χ3n) is 4.52. The zero-order chi connectivity index (χ0) is 25.3. The first-order valence-corrected chi connectivity index (χ1v) is 12.1. The van der Waals surface area contributed by atoms with Crippen LogP contribution in [0.1, 0.15) is 18.1 Å². The summed E-state index contributed by atoms with van der Waals surface area (Å²) in [7, 11) is -3.92. The number of nitrogens with two attached hydrogens (primary N) is 2. The van der Waals surface area contributed by atoms with Gasteiger partial charge >= 0.3 is 0 Å². The lowest BCUT2D eigenvalue weighted by Gasteiger charge is -2.20. The Hall–Kier alpha value is -3.19. The van der Waals surface area contributed by atoms with E-state index in [0.29, 0.717) is 21.8 Å². The summed E-state index contributed by atoms with van der Waals surface area (Å²) >= 11 is 6.18. The van der Waals surface area contributed by atoms with Gasteiger partial charge < -0.3 is 27.2 Å². The lowest BCUT2D eigenvalue weighted by molar-refractivity contribution is -0.130. The number of carbonyl (C=O) groups is 2. The maximum absolute atomic E-state index is 12.4. The van der Waals surface area contributed by atoms with Gasteiger partial charge in [-0.05, 0) is 30.2 Å². The Morgan fingerprint density at radius 2 is 1.79 bits per heavy atom. The molecule has 0 bridgehead atoms. The average Bonchev–Trinajstić information content (AvgIpc) is 2.76. The second kappa shape index (κ2) is 12.3. The summed E-state index contributed by atoms with van der Waals surface area (Å²) in [5, 5.41) is 14.8. The van der Waals surface area contributed by atoms with E-state index >= 15 is 0 Å². The van der Waals surface area contributed by atoms with Gasteiger partial charge in [-0.1, -0.05) is 48.0 Å². The highest BCUT2D eigenvalue weighted by molar-refractivity contribution is 7.88. The monoisotopic (exact) mass is 510 g/mol. The second-order valence-electron chi connectivity index (χ2n) is 7.36. The van der Waals surface area contributed by atoms with Gasteiger partial charge in [0.2, 0.25) is 21.8 Å². The van der Waals surface area contributed by atoms with Gasteiger partial charge in [0.1, 0.15) is 12.1 Å². The number of hydrogen-bond donors (Lipinski definition) is 6. The van der Waals surface area contributed by atoms with Crippen molar-refractivity contribution >= 4 is 45.1 Å². The fraction of sp³-hybridized carbons (Fsp3) is 0.286. The number of amides is 2. The van der Waals surface area contributed by atoms with E-state index in [1.54, 1.807) is 42.5 Å². The SMILES string of the molecule is C[C@H](NC(=O)[C@@H](CO)NS(=O)(=O)Cc1ccccc1)C(=O)NCc1ccc(N=C(N)N)cc1Cl. The van der Waals surface area contributed by atoms with Crippen LogP contribution in [0.4, 0.5) is 5.69 Å². The van der Waals surface area contributed by atoms with Crippen molar-refractivity contribution in [3.8, 4) is 0 Å². The molecule has 184 valence electrons. The molecule has 0 fully saturated rings. The van der Waals surface area contributed by atoms with E-state index in [1.807, 2.05) is 0 Å². The number of nitrogens with one attached hydrogen (secondary N) is 3. The lowest BCUT2D eigenvalue weighted by Crippen LogP contribution is -2.54. The normalized spacial score (nSPS) is 12.9. The standard InChI is InChI=1S/C21H27ClN6O5S/c1-13(19(30)25-10-15-7-8-16(9-17(15)22)27-21(23)24)26-20(31)18(11-29)28-34(32,33)12-14-5-3-2-4-6-14/h2-9,13,18,28-29H,10-12H2,1H3,(H,25,30)(H,26,31)(H4,23,24,27)/t13-,18+/m0/s1. The highest BCUT2D eigenvalue weighted by atomic mass is 35.5. The molecule has 2 rings (SSSR count). The maximum Gasteiger partial charge on any atom is 0.242 e. The van der Waals surface area contributed by atoms with Gasteiger partial charge in [0.25, 0.3) is 0 Å². The molecule has 0 radical (unpaired) electrons. The van der Waals surface area contributed by atoms with Gasteiger partial charge in [0.15, 0.2) is 5.96 Å². The van der Waals surface area contributed by atoms with Crippen molar-refractivity contribution < 1.29 is 23.1 Å². The van der Waals surface area contributed by atoms with Crippen LogP contribution in [0.2, 0.25) is 5.02 Å². The smallest absolute Gasteiger partial charge is 0.242 e. The Morgan fingerprint density at radius 1 is 1.12 bits per heavy atom. The van der Waals surface area contributed by atoms with E-state index in [0.717, 1.165) is 0 Å². The third kappa shape index (κ3) is 8.63. The summed E-state index contributed by atoms with van der Waals surface area (Å²) in [6.45, 7) is 0.697. The molecule has 0 saturated carbocycles. The molecule has 2 amide bonds. The molecule has 0 aliphatic carbocycles. The molecule has 0 aromatic heterocycles. The highest BCUT2D eigenvalue weighted by Crippen LogP contribution is 2.22. The summed E-state index contributed by atoms with van der Waals surface area (Å²) in [5.41, 5.74) is 12.2. The van der Waals surface area contributed by atoms with Crippen LogP contribution in [0.15, 0.2) is 53.5 Å². The number of halogens is 1. The van der Waals surface area contributed by atoms with E-state index in [2.05, 4.69) is 20.3 Å². The van der Waals surface area contributed by atoms with Gasteiger partial charge in [-0.3, -0.25) is 9.59 Å². The molecule has 0 unspecified atom stereocenters. The predicted octanol–water partition coefficient (Wildman–Crippen LogP) is -0.154. The van der Waals surface area contributed by atoms with Gasteiger partial charge in [-0.15, -0.1) is 0 Å². The van der Waals surface area contributed by atoms with Gasteiger partial charge in [-0.2, -0.15) is 0 Å².